The van der Waals surface area contributed by atoms with E-state index in [1.54, 1.807) is 24.6 Å². The number of benzene rings is 1. The second-order valence-electron chi connectivity index (χ2n) is 6.91. The van der Waals surface area contributed by atoms with Crippen LogP contribution in [0.25, 0.3) is 0 Å². The Bertz CT molecular complexity index is 959. The predicted molar refractivity (Wildman–Crippen MR) is 114 cm³/mol. The fourth-order valence-corrected chi connectivity index (χ4v) is 6.15. The lowest BCUT2D eigenvalue weighted by Gasteiger charge is -2.23. The average molecular weight is 452 g/mol. The standard InChI is InChI=1S/C20H25N3O5S2/c1-28-17-8-6-15(7-9-17)10-11-21-19(24)20(25)22-14-16-4-2-12-23(16)30(26,27)18-5-3-13-29-18/h3,5-9,13,16H,2,4,10-12,14H2,1H3,(H,21,24)(H,22,25). The number of carbonyl (C=O) groups excluding carboxylic acids is 2. The van der Waals surface area contributed by atoms with Crippen LogP contribution in [-0.4, -0.2) is 57.3 Å². The normalized spacial score (nSPS) is 16.9. The van der Waals surface area contributed by atoms with E-state index in [0.717, 1.165) is 17.7 Å². The summed E-state index contributed by atoms with van der Waals surface area (Å²) in [6.07, 6.45) is 1.95. The molecule has 1 atom stereocenters. The number of hydrogen-bond donors (Lipinski definition) is 2. The van der Waals surface area contributed by atoms with Gasteiger partial charge in [0.1, 0.15) is 9.96 Å². The highest BCUT2D eigenvalue weighted by molar-refractivity contribution is 7.91. The van der Waals surface area contributed by atoms with Crippen molar-refractivity contribution in [3.63, 3.8) is 0 Å². The smallest absolute Gasteiger partial charge is 0.309 e. The van der Waals surface area contributed by atoms with Gasteiger partial charge >= 0.3 is 11.8 Å². The van der Waals surface area contributed by atoms with E-state index in [4.69, 9.17) is 4.74 Å². The van der Waals surface area contributed by atoms with Crippen LogP contribution in [0.5, 0.6) is 5.75 Å². The second-order valence-corrected chi connectivity index (χ2v) is 9.97. The first-order valence-electron chi connectivity index (χ1n) is 9.66. The first kappa shape index (κ1) is 22.3. The first-order valence-corrected chi connectivity index (χ1v) is 12.0. The molecule has 30 heavy (non-hydrogen) atoms. The Kier molecular flexibility index (Phi) is 7.46. The lowest BCUT2D eigenvalue weighted by Crippen LogP contribution is -2.47. The zero-order valence-corrected chi connectivity index (χ0v) is 18.3. The molecule has 2 amide bonds. The van der Waals surface area contributed by atoms with Gasteiger partial charge in [-0.3, -0.25) is 9.59 Å². The maximum absolute atomic E-state index is 12.7. The van der Waals surface area contributed by atoms with Crippen LogP contribution in [0.15, 0.2) is 46.0 Å². The third-order valence-electron chi connectivity index (χ3n) is 4.94. The molecule has 2 heterocycles. The van der Waals surface area contributed by atoms with Crippen molar-refractivity contribution in [3.8, 4) is 5.75 Å². The Balaban J connectivity index is 1.45. The molecule has 1 fully saturated rings. The summed E-state index contributed by atoms with van der Waals surface area (Å²) in [5.41, 5.74) is 1.01. The molecular formula is C20H25N3O5S2. The van der Waals surface area contributed by atoms with Gasteiger partial charge in [-0.05, 0) is 48.4 Å². The summed E-state index contributed by atoms with van der Waals surface area (Å²) in [6, 6.07) is 10.4. The van der Waals surface area contributed by atoms with Gasteiger partial charge in [-0.25, -0.2) is 8.42 Å². The zero-order valence-electron chi connectivity index (χ0n) is 16.7. The summed E-state index contributed by atoms with van der Waals surface area (Å²) < 4.78 is 32.3. The quantitative estimate of drug-likeness (QED) is 0.590. The third-order valence-corrected chi connectivity index (χ3v) is 8.27. The van der Waals surface area contributed by atoms with Crippen molar-refractivity contribution < 1.29 is 22.7 Å². The highest BCUT2D eigenvalue weighted by Crippen LogP contribution is 2.28. The molecule has 0 aliphatic carbocycles. The number of methoxy groups -OCH3 is 1. The summed E-state index contributed by atoms with van der Waals surface area (Å²) in [5.74, 6) is -0.733. The molecular weight excluding hydrogens is 426 g/mol. The van der Waals surface area contributed by atoms with E-state index in [2.05, 4.69) is 10.6 Å². The van der Waals surface area contributed by atoms with Crippen LogP contribution < -0.4 is 15.4 Å². The van der Waals surface area contributed by atoms with E-state index in [-0.39, 0.29) is 16.8 Å². The molecule has 0 radical (unpaired) electrons. The molecule has 1 saturated heterocycles. The molecule has 10 heteroatoms. The van der Waals surface area contributed by atoms with Crippen molar-refractivity contribution in [1.82, 2.24) is 14.9 Å². The summed E-state index contributed by atoms with van der Waals surface area (Å²) in [7, 11) is -1.98. The minimum Gasteiger partial charge on any atom is -0.497 e. The molecule has 162 valence electrons. The number of hydrogen-bond acceptors (Lipinski definition) is 6. The molecule has 0 bridgehead atoms. The maximum Gasteiger partial charge on any atom is 0.309 e. The number of carbonyl (C=O) groups is 2. The van der Waals surface area contributed by atoms with Crippen molar-refractivity contribution in [2.75, 3.05) is 26.7 Å². The van der Waals surface area contributed by atoms with Crippen LogP contribution in [0.2, 0.25) is 0 Å². The summed E-state index contributed by atoms with van der Waals surface area (Å²) in [5, 5.41) is 6.87. The Morgan fingerprint density at radius 3 is 2.57 bits per heavy atom. The second kappa shape index (κ2) is 10.1. The van der Waals surface area contributed by atoms with Crippen LogP contribution in [-0.2, 0) is 26.0 Å². The number of thiophene rings is 1. The zero-order chi connectivity index (χ0) is 21.6. The van der Waals surface area contributed by atoms with Crippen LogP contribution >= 0.6 is 11.3 Å². The number of nitrogens with one attached hydrogen (secondary N) is 2. The number of sulfonamides is 1. The highest BCUT2D eigenvalue weighted by Gasteiger charge is 2.36. The van der Waals surface area contributed by atoms with Crippen molar-refractivity contribution in [2.45, 2.75) is 29.5 Å². The van der Waals surface area contributed by atoms with Gasteiger partial charge in [0.05, 0.1) is 7.11 Å². The first-order chi connectivity index (χ1) is 14.4. The summed E-state index contributed by atoms with van der Waals surface area (Å²) in [4.78, 5) is 24.1. The van der Waals surface area contributed by atoms with E-state index in [9.17, 15) is 18.0 Å². The topological polar surface area (TPSA) is 105 Å². The lowest BCUT2D eigenvalue weighted by atomic mass is 10.1. The van der Waals surface area contributed by atoms with E-state index >= 15 is 0 Å². The largest absolute Gasteiger partial charge is 0.497 e. The van der Waals surface area contributed by atoms with Gasteiger partial charge in [0, 0.05) is 25.7 Å². The van der Waals surface area contributed by atoms with Crippen molar-refractivity contribution >= 4 is 33.2 Å². The van der Waals surface area contributed by atoms with Gasteiger partial charge in [-0.2, -0.15) is 4.31 Å². The third kappa shape index (κ3) is 5.38. The van der Waals surface area contributed by atoms with Gasteiger partial charge in [-0.1, -0.05) is 18.2 Å². The highest BCUT2D eigenvalue weighted by atomic mass is 32.2. The van der Waals surface area contributed by atoms with Gasteiger partial charge < -0.3 is 15.4 Å². The number of rotatable bonds is 8. The van der Waals surface area contributed by atoms with Crippen molar-refractivity contribution in [1.29, 1.82) is 0 Å². The van der Waals surface area contributed by atoms with E-state index in [0.29, 0.717) is 25.9 Å². The molecule has 1 aliphatic rings. The van der Waals surface area contributed by atoms with Gasteiger partial charge in [0.25, 0.3) is 10.0 Å². The maximum atomic E-state index is 12.7. The monoisotopic (exact) mass is 451 g/mol. The van der Waals surface area contributed by atoms with Crippen molar-refractivity contribution in [3.05, 3.63) is 47.3 Å². The van der Waals surface area contributed by atoms with E-state index in [1.165, 1.54) is 15.6 Å². The molecule has 2 aromatic rings. The van der Waals surface area contributed by atoms with Crippen LogP contribution in [0, 0.1) is 0 Å². The fourth-order valence-electron chi connectivity index (χ4n) is 3.34. The Morgan fingerprint density at radius 1 is 1.17 bits per heavy atom. The minimum absolute atomic E-state index is 0.106. The Labute approximate surface area is 180 Å². The molecule has 1 aromatic carbocycles. The predicted octanol–water partition coefficient (Wildman–Crippen LogP) is 1.38. The molecule has 2 N–H and O–H groups in total. The fraction of sp³-hybridized carbons (Fsp3) is 0.400. The number of nitrogens with zero attached hydrogens (tertiary/aromatic N) is 1. The molecule has 0 saturated carbocycles. The Hall–Kier alpha value is -2.43. The average Bonchev–Trinajstić information content (AvgIpc) is 3.45. The molecule has 1 aromatic heterocycles. The lowest BCUT2D eigenvalue weighted by molar-refractivity contribution is -0.139. The van der Waals surface area contributed by atoms with E-state index < -0.39 is 21.8 Å². The van der Waals surface area contributed by atoms with Crippen LogP contribution in [0.1, 0.15) is 18.4 Å². The summed E-state index contributed by atoms with van der Waals surface area (Å²) in [6.45, 7) is 0.838. The van der Waals surface area contributed by atoms with Gasteiger partial charge in [-0.15, -0.1) is 11.3 Å². The van der Waals surface area contributed by atoms with Crippen LogP contribution in [0.3, 0.4) is 0 Å². The van der Waals surface area contributed by atoms with Gasteiger partial charge in [0.15, 0.2) is 0 Å². The molecule has 3 rings (SSSR count). The Morgan fingerprint density at radius 2 is 1.90 bits per heavy atom. The molecule has 0 spiro atoms. The van der Waals surface area contributed by atoms with E-state index in [1.807, 2.05) is 24.3 Å². The number of ether oxygens (including phenoxy) is 1. The van der Waals surface area contributed by atoms with Crippen LogP contribution in [0.4, 0.5) is 0 Å². The molecule has 1 unspecified atom stereocenters. The SMILES string of the molecule is COc1ccc(CCNC(=O)C(=O)NCC2CCCN2S(=O)(=O)c2cccs2)cc1. The number of amides is 2. The minimum atomic E-state index is -3.57. The van der Waals surface area contributed by atoms with Crippen molar-refractivity contribution in [2.24, 2.45) is 0 Å². The summed E-state index contributed by atoms with van der Waals surface area (Å²) >= 11 is 1.17. The van der Waals surface area contributed by atoms with Gasteiger partial charge in [0.2, 0.25) is 0 Å². The molecule has 1 aliphatic heterocycles. The molecule has 8 nitrogen and oxygen atoms in total.